The van der Waals surface area contributed by atoms with Crippen LogP contribution in [0.25, 0.3) is 11.4 Å². The van der Waals surface area contributed by atoms with Gasteiger partial charge >= 0.3 is 5.97 Å². The molecule has 0 aliphatic heterocycles. The van der Waals surface area contributed by atoms with Crippen LogP contribution in [0.15, 0.2) is 36.7 Å². The van der Waals surface area contributed by atoms with Crippen LogP contribution in [-0.2, 0) is 11.2 Å². The number of aromatic nitrogens is 2. The van der Waals surface area contributed by atoms with Crippen LogP contribution >= 0.6 is 0 Å². The molecule has 2 aromatic rings. The molecule has 1 aliphatic rings. The van der Waals surface area contributed by atoms with Crippen LogP contribution in [0.4, 0.5) is 8.78 Å². The fourth-order valence-corrected chi connectivity index (χ4v) is 3.16. The Kier molecular flexibility index (Phi) is 4.07. The Balaban J connectivity index is 1.88. The summed E-state index contributed by atoms with van der Waals surface area (Å²) in [4.78, 5) is 19.5. The quantitative estimate of drug-likeness (QED) is 0.938. The number of carboxylic acid groups (broad SMARTS) is 1. The zero-order valence-electron chi connectivity index (χ0n) is 12.4. The number of alkyl halides is 1. The summed E-state index contributed by atoms with van der Waals surface area (Å²) >= 11 is 0. The maximum absolute atomic E-state index is 13.5. The van der Waals surface area contributed by atoms with Crippen LogP contribution in [0.3, 0.4) is 0 Å². The maximum atomic E-state index is 13.5. The van der Waals surface area contributed by atoms with E-state index in [9.17, 15) is 18.7 Å². The van der Waals surface area contributed by atoms with Gasteiger partial charge < -0.3 is 5.11 Å². The lowest BCUT2D eigenvalue weighted by Gasteiger charge is -2.23. The standard InChI is InChI=1S/C17H16F2N2O2/c18-13-4-5-17(8-13,16(22)23)7-11-2-1-3-12(6-11)15-20-9-14(19)10-21-15/h1-3,6,9-10,13H,4-5,7-8H2,(H,22,23). The van der Waals surface area contributed by atoms with Crippen molar-refractivity contribution in [2.24, 2.45) is 5.41 Å². The minimum Gasteiger partial charge on any atom is -0.481 e. The zero-order chi connectivity index (χ0) is 16.4. The van der Waals surface area contributed by atoms with Crippen molar-refractivity contribution in [1.29, 1.82) is 0 Å². The van der Waals surface area contributed by atoms with Gasteiger partial charge in [0.05, 0.1) is 17.8 Å². The Morgan fingerprint density at radius 3 is 2.70 bits per heavy atom. The van der Waals surface area contributed by atoms with Gasteiger partial charge in [-0.25, -0.2) is 18.7 Å². The molecule has 1 aromatic heterocycles. The molecule has 0 radical (unpaired) electrons. The second-order valence-electron chi connectivity index (χ2n) is 6.03. The largest absolute Gasteiger partial charge is 0.481 e. The molecule has 1 fully saturated rings. The molecule has 2 atom stereocenters. The molecule has 4 nitrogen and oxygen atoms in total. The van der Waals surface area contributed by atoms with E-state index in [1.165, 1.54) is 0 Å². The zero-order valence-corrected chi connectivity index (χ0v) is 12.4. The lowest BCUT2D eigenvalue weighted by atomic mass is 9.80. The first kappa shape index (κ1) is 15.5. The lowest BCUT2D eigenvalue weighted by molar-refractivity contribution is -0.148. The fraction of sp³-hybridized carbons (Fsp3) is 0.353. The van der Waals surface area contributed by atoms with Crippen LogP contribution in [0.5, 0.6) is 0 Å². The highest BCUT2D eigenvalue weighted by Gasteiger charge is 2.45. The lowest BCUT2D eigenvalue weighted by Crippen LogP contribution is -2.31. The maximum Gasteiger partial charge on any atom is 0.310 e. The number of nitrogens with zero attached hydrogens (tertiary/aromatic N) is 2. The van der Waals surface area contributed by atoms with E-state index in [0.717, 1.165) is 18.0 Å². The molecule has 2 unspecified atom stereocenters. The third-order valence-electron chi connectivity index (χ3n) is 4.35. The molecule has 6 heteroatoms. The molecule has 3 rings (SSSR count). The monoisotopic (exact) mass is 318 g/mol. The van der Waals surface area contributed by atoms with Gasteiger partial charge in [0.25, 0.3) is 0 Å². The summed E-state index contributed by atoms with van der Waals surface area (Å²) in [5.41, 5.74) is 0.409. The van der Waals surface area contributed by atoms with Crippen LogP contribution in [0, 0.1) is 11.2 Å². The van der Waals surface area contributed by atoms with Crippen molar-refractivity contribution in [1.82, 2.24) is 9.97 Å². The van der Waals surface area contributed by atoms with Crippen LogP contribution in [0.1, 0.15) is 24.8 Å². The van der Waals surface area contributed by atoms with Gasteiger partial charge in [0.15, 0.2) is 11.6 Å². The summed E-state index contributed by atoms with van der Waals surface area (Å²) in [6, 6.07) is 7.14. The minimum absolute atomic E-state index is 0.0413. The van der Waals surface area contributed by atoms with Crippen LogP contribution < -0.4 is 0 Å². The van der Waals surface area contributed by atoms with Gasteiger partial charge in [-0.05, 0) is 37.3 Å². The Hall–Kier alpha value is -2.37. The first-order chi connectivity index (χ1) is 11.0. The van der Waals surface area contributed by atoms with Crippen LogP contribution in [-0.4, -0.2) is 27.2 Å². The first-order valence-electron chi connectivity index (χ1n) is 7.43. The molecule has 23 heavy (non-hydrogen) atoms. The van der Waals surface area contributed by atoms with Crippen molar-refractivity contribution in [3.63, 3.8) is 0 Å². The molecule has 1 aliphatic carbocycles. The number of carbonyl (C=O) groups is 1. The van der Waals surface area contributed by atoms with Crippen molar-refractivity contribution in [2.45, 2.75) is 31.9 Å². The van der Waals surface area contributed by atoms with E-state index in [1.54, 1.807) is 18.2 Å². The summed E-state index contributed by atoms with van der Waals surface area (Å²) in [5, 5.41) is 9.53. The predicted octanol–water partition coefficient (Wildman–Crippen LogP) is 3.42. The van der Waals surface area contributed by atoms with E-state index in [4.69, 9.17) is 0 Å². The SMILES string of the molecule is O=C(O)C1(Cc2cccc(-c3ncc(F)cn3)c2)CCC(F)C1. The average molecular weight is 318 g/mol. The predicted molar refractivity (Wildman–Crippen MR) is 79.9 cm³/mol. The van der Waals surface area contributed by atoms with E-state index >= 15 is 0 Å². The highest BCUT2D eigenvalue weighted by atomic mass is 19.1. The van der Waals surface area contributed by atoms with Gasteiger partial charge in [-0.2, -0.15) is 0 Å². The summed E-state index contributed by atoms with van der Waals surface area (Å²) in [6.45, 7) is 0. The Bertz CT molecular complexity index is 721. The Morgan fingerprint density at radius 2 is 2.09 bits per heavy atom. The van der Waals surface area contributed by atoms with Crippen molar-refractivity contribution in [3.05, 3.63) is 48.0 Å². The van der Waals surface area contributed by atoms with E-state index in [-0.39, 0.29) is 19.3 Å². The third kappa shape index (κ3) is 3.21. The van der Waals surface area contributed by atoms with E-state index < -0.39 is 23.4 Å². The van der Waals surface area contributed by atoms with E-state index in [1.807, 2.05) is 6.07 Å². The molecule has 0 spiro atoms. The number of carboxylic acids is 1. The number of benzene rings is 1. The minimum atomic E-state index is -1.06. The van der Waals surface area contributed by atoms with Crippen molar-refractivity contribution >= 4 is 5.97 Å². The van der Waals surface area contributed by atoms with Gasteiger partial charge in [0.2, 0.25) is 0 Å². The normalized spacial score (nSPS) is 23.8. The van der Waals surface area contributed by atoms with Gasteiger partial charge in [-0.1, -0.05) is 18.2 Å². The number of aliphatic carboxylic acids is 1. The van der Waals surface area contributed by atoms with Gasteiger partial charge in [-0.15, -0.1) is 0 Å². The molecular formula is C17H16F2N2O2. The summed E-state index contributed by atoms with van der Waals surface area (Å²) < 4.78 is 26.4. The van der Waals surface area contributed by atoms with E-state index in [2.05, 4.69) is 9.97 Å². The Labute approximate surface area is 132 Å². The number of hydrogen-bond donors (Lipinski definition) is 1. The number of rotatable bonds is 4. The molecule has 1 aromatic carbocycles. The highest BCUT2D eigenvalue weighted by Crippen LogP contribution is 2.43. The average Bonchev–Trinajstić information content (AvgIpc) is 2.90. The fourth-order valence-electron chi connectivity index (χ4n) is 3.16. The van der Waals surface area contributed by atoms with Crippen molar-refractivity contribution in [3.8, 4) is 11.4 Å². The third-order valence-corrected chi connectivity index (χ3v) is 4.35. The summed E-state index contributed by atoms with van der Waals surface area (Å²) in [6.07, 6.45) is 2.02. The molecular weight excluding hydrogens is 302 g/mol. The molecule has 0 bridgehead atoms. The van der Waals surface area contributed by atoms with Crippen molar-refractivity contribution in [2.75, 3.05) is 0 Å². The smallest absolute Gasteiger partial charge is 0.310 e. The number of hydrogen-bond acceptors (Lipinski definition) is 3. The second-order valence-corrected chi connectivity index (χ2v) is 6.03. The molecule has 0 amide bonds. The van der Waals surface area contributed by atoms with Gasteiger partial charge in [0, 0.05) is 5.56 Å². The first-order valence-corrected chi connectivity index (χ1v) is 7.43. The van der Waals surface area contributed by atoms with E-state index in [0.29, 0.717) is 17.8 Å². The van der Waals surface area contributed by atoms with Crippen LogP contribution in [0.2, 0.25) is 0 Å². The summed E-state index contributed by atoms with van der Waals surface area (Å²) in [5.74, 6) is -1.11. The molecule has 1 saturated carbocycles. The van der Waals surface area contributed by atoms with Gasteiger partial charge in [-0.3, -0.25) is 4.79 Å². The molecule has 1 N–H and O–H groups in total. The van der Waals surface area contributed by atoms with Crippen molar-refractivity contribution < 1.29 is 18.7 Å². The molecule has 0 saturated heterocycles. The number of halogens is 2. The highest BCUT2D eigenvalue weighted by molar-refractivity contribution is 5.75. The van der Waals surface area contributed by atoms with Gasteiger partial charge in [0.1, 0.15) is 6.17 Å². The topological polar surface area (TPSA) is 63.1 Å². The molecule has 120 valence electrons. The summed E-state index contributed by atoms with van der Waals surface area (Å²) in [7, 11) is 0. The second kappa shape index (κ2) is 6.02. The molecule has 1 heterocycles. The Morgan fingerprint density at radius 1 is 1.35 bits per heavy atom.